The number of nitrogens with zero attached hydrogens (tertiary/aromatic N) is 2. The second kappa shape index (κ2) is 4.37. The smallest absolute Gasteiger partial charge is 0.282 e. The lowest BCUT2D eigenvalue weighted by molar-refractivity contribution is -0.116. The van der Waals surface area contributed by atoms with Crippen molar-refractivity contribution in [2.75, 3.05) is 5.01 Å². The average molecular weight is 244 g/mol. The fraction of sp³-hybridized carbons (Fsp3) is 0.125. The van der Waals surface area contributed by atoms with E-state index in [0.29, 0.717) is 5.01 Å². The van der Waals surface area contributed by atoms with Crippen LogP contribution in [0.4, 0.5) is 5.69 Å². The molecule has 1 aromatic rings. The largest absolute Gasteiger partial charge is 0.294 e. The van der Waals surface area contributed by atoms with Gasteiger partial charge in [0, 0.05) is 6.92 Å². The Hall–Kier alpha value is -1.80. The molecule has 1 aromatic carbocycles. The number of benzene rings is 1. The molecule has 0 bridgehead atoms. The van der Waals surface area contributed by atoms with Crippen molar-refractivity contribution in [3.63, 3.8) is 0 Å². The molecule has 7 nitrogen and oxygen atoms in total. The summed E-state index contributed by atoms with van der Waals surface area (Å²) in [6.45, 7) is 1.14. The molecule has 1 rings (SSSR count). The van der Waals surface area contributed by atoms with E-state index < -0.39 is 16.0 Å². The lowest BCUT2D eigenvalue weighted by Crippen LogP contribution is -2.21. The van der Waals surface area contributed by atoms with Gasteiger partial charge < -0.3 is 0 Å². The van der Waals surface area contributed by atoms with Crippen LogP contribution in [0.2, 0.25) is 0 Å². The Kier molecular flexibility index (Phi) is 3.35. The minimum atomic E-state index is -4.28. The molecular weight excluding hydrogens is 236 g/mol. The number of hydrogen-bond donors (Lipinski definition) is 1. The number of carbonyl (C=O) groups is 1. The van der Waals surface area contributed by atoms with Crippen LogP contribution in [0.3, 0.4) is 0 Å². The predicted molar refractivity (Wildman–Crippen MR) is 55.2 cm³/mol. The number of nitroso groups, excluding NO2 is 1. The quantitative estimate of drug-likeness (QED) is 0.484. The van der Waals surface area contributed by atoms with Crippen LogP contribution in [-0.4, -0.2) is 18.9 Å². The van der Waals surface area contributed by atoms with Crippen molar-refractivity contribution in [1.29, 1.82) is 0 Å². The summed E-state index contributed by atoms with van der Waals surface area (Å²) in [6, 6.07) is 4.50. The third-order valence-corrected chi connectivity index (χ3v) is 2.63. The first-order valence-corrected chi connectivity index (χ1v) is 5.52. The monoisotopic (exact) mass is 244 g/mol. The highest BCUT2D eigenvalue weighted by Crippen LogP contribution is 2.18. The third-order valence-electron chi connectivity index (χ3n) is 1.76. The van der Waals surface area contributed by atoms with Gasteiger partial charge in [-0.05, 0) is 24.3 Å². The van der Waals surface area contributed by atoms with Crippen molar-refractivity contribution in [3.8, 4) is 0 Å². The Morgan fingerprint density at radius 3 is 2.12 bits per heavy atom. The van der Waals surface area contributed by atoms with E-state index in [9.17, 15) is 18.1 Å². The summed E-state index contributed by atoms with van der Waals surface area (Å²) in [7, 11) is -4.28. The second-order valence-corrected chi connectivity index (χ2v) is 4.30. The first-order chi connectivity index (χ1) is 7.36. The Bertz CT molecular complexity index is 508. The van der Waals surface area contributed by atoms with Gasteiger partial charge in [-0.1, -0.05) is 0 Å². The summed E-state index contributed by atoms with van der Waals surface area (Å²) in [5.74, 6) is -0.602. The van der Waals surface area contributed by atoms with Gasteiger partial charge in [0.1, 0.15) is 0 Å². The van der Waals surface area contributed by atoms with Crippen LogP contribution in [0.25, 0.3) is 0 Å². The fourth-order valence-corrected chi connectivity index (χ4v) is 1.53. The van der Waals surface area contributed by atoms with Crippen LogP contribution in [0, 0.1) is 4.91 Å². The molecule has 0 fully saturated rings. The minimum absolute atomic E-state index is 0.120. The molecule has 0 aliphatic rings. The zero-order valence-corrected chi connectivity index (χ0v) is 9.01. The van der Waals surface area contributed by atoms with E-state index in [1.807, 2.05) is 0 Å². The lowest BCUT2D eigenvalue weighted by atomic mass is 10.3. The van der Waals surface area contributed by atoms with Crippen LogP contribution in [0.15, 0.2) is 34.4 Å². The van der Waals surface area contributed by atoms with Crippen LogP contribution >= 0.6 is 0 Å². The highest BCUT2D eigenvalue weighted by molar-refractivity contribution is 7.85. The molecule has 16 heavy (non-hydrogen) atoms. The molecule has 1 N–H and O–H groups in total. The Morgan fingerprint density at radius 2 is 1.81 bits per heavy atom. The van der Waals surface area contributed by atoms with Gasteiger partial charge in [0.15, 0.2) is 0 Å². The molecule has 0 spiro atoms. The Labute approximate surface area is 91.4 Å². The first-order valence-electron chi connectivity index (χ1n) is 4.08. The van der Waals surface area contributed by atoms with Gasteiger partial charge in [0.25, 0.3) is 10.1 Å². The van der Waals surface area contributed by atoms with Crippen molar-refractivity contribution in [3.05, 3.63) is 29.2 Å². The molecule has 1 amide bonds. The Balaban J connectivity index is 3.12. The molecule has 0 radical (unpaired) electrons. The van der Waals surface area contributed by atoms with Gasteiger partial charge in [0.2, 0.25) is 5.91 Å². The van der Waals surface area contributed by atoms with Crippen molar-refractivity contribution < 1.29 is 17.8 Å². The molecule has 0 saturated carbocycles. The standard InChI is InChI=1S/C8H8N2O5S/c1-6(11)10(9-12)7-2-4-8(5-3-7)16(13,14)15/h2-5H,1H3,(H,13,14,15). The van der Waals surface area contributed by atoms with E-state index in [4.69, 9.17) is 4.55 Å². The van der Waals surface area contributed by atoms with Crippen LogP contribution in [0.5, 0.6) is 0 Å². The summed E-state index contributed by atoms with van der Waals surface area (Å²) in [5.41, 5.74) is 0.120. The second-order valence-electron chi connectivity index (χ2n) is 2.88. The van der Waals surface area contributed by atoms with Crippen LogP contribution < -0.4 is 5.01 Å². The highest BCUT2D eigenvalue weighted by Gasteiger charge is 2.14. The number of rotatable bonds is 3. The third kappa shape index (κ3) is 2.61. The fourth-order valence-electron chi connectivity index (χ4n) is 1.05. The highest BCUT2D eigenvalue weighted by atomic mass is 32.2. The molecule has 0 aromatic heterocycles. The van der Waals surface area contributed by atoms with Crippen LogP contribution in [0.1, 0.15) is 6.92 Å². The van der Waals surface area contributed by atoms with E-state index in [0.717, 1.165) is 19.1 Å². The van der Waals surface area contributed by atoms with E-state index in [2.05, 4.69) is 5.29 Å². The number of hydrogen-bond acceptors (Lipinski definition) is 5. The van der Waals surface area contributed by atoms with Crippen molar-refractivity contribution in [2.45, 2.75) is 11.8 Å². The van der Waals surface area contributed by atoms with Gasteiger partial charge in [0.05, 0.1) is 15.9 Å². The van der Waals surface area contributed by atoms with E-state index in [1.54, 1.807) is 0 Å². The van der Waals surface area contributed by atoms with E-state index >= 15 is 0 Å². The SMILES string of the molecule is CC(=O)N(N=O)c1ccc(S(=O)(=O)O)cc1. The molecule has 0 aliphatic heterocycles. The molecular formula is C8H8N2O5S. The van der Waals surface area contributed by atoms with E-state index in [1.165, 1.54) is 12.1 Å². The molecule has 0 heterocycles. The van der Waals surface area contributed by atoms with Gasteiger partial charge in [-0.2, -0.15) is 13.4 Å². The zero-order chi connectivity index (χ0) is 12.3. The Morgan fingerprint density at radius 1 is 1.31 bits per heavy atom. The topological polar surface area (TPSA) is 104 Å². The number of carbonyl (C=O) groups excluding carboxylic acids is 1. The lowest BCUT2D eigenvalue weighted by Gasteiger charge is -2.10. The number of anilines is 1. The maximum absolute atomic E-state index is 10.9. The summed E-state index contributed by atoms with van der Waals surface area (Å²) < 4.78 is 30.1. The molecule has 8 heteroatoms. The maximum atomic E-state index is 10.9. The van der Waals surface area contributed by atoms with Gasteiger partial charge in [-0.3, -0.25) is 9.35 Å². The molecule has 0 atom stereocenters. The minimum Gasteiger partial charge on any atom is -0.282 e. The average Bonchev–Trinajstić information content (AvgIpc) is 2.17. The maximum Gasteiger partial charge on any atom is 0.294 e. The van der Waals surface area contributed by atoms with E-state index in [-0.39, 0.29) is 10.6 Å². The van der Waals surface area contributed by atoms with Gasteiger partial charge in [-0.15, -0.1) is 4.91 Å². The number of amides is 1. The molecule has 0 aliphatic carbocycles. The summed E-state index contributed by atoms with van der Waals surface area (Å²) in [5, 5.41) is 3.03. The van der Waals surface area contributed by atoms with Crippen molar-refractivity contribution in [1.82, 2.24) is 0 Å². The normalized spacial score (nSPS) is 10.9. The zero-order valence-electron chi connectivity index (χ0n) is 8.19. The predicted octanol–water partition coefficient (Wildman–Crippen LogP) is 0.968. The summed E-state index contributed by atoms with van der Waals surface area (Å²) >= 11 is 0. The van der Waals surface area contributed by atoms with Crippen LogP contribution in [-0.2, 0) is 14.9 Å². The molecule has 86 valence electrons. The molecule has 0 unspecified atom stereocenters. The van der Waals surface area contributed by atoms with Gasteiger partial charge in [-0.25, -0.2) is 0 Å². The molecule has 0 saturated heterocycles. The van der Waals surface area contributed by atoms with Crippen molar-refractivity contribution in [2.24, 2.45) is 5.29 Å². The van der Waals surface area contributed by atoms with Gasteiger partial charge >= 0.3 is 0 Å². The van der Waals surface area contributed by atoms with Crippen molar-refractivity contribution >= 4 is 21.7 Å². The first kappa shape index (κ1) is 12.3. The summed E-state index contributed by atoms with van der Waals surface area (Å²) in [4.78, 5) is 20.9. The summed E-state index contributed by atoms with van der Waals surface area (Å²) in [6.07, 6.45) is 0.